The van der Waals surface area contributed by atoms with Crippen molar-refractivity contribution in [2.24, 2.45) is 0 Å². The molecule has 8 nitrogen and oxygen atoms in total. The predicted octanol–water partition coefficient (Wildman–Crippen LogP) is 0.419. The zero-order chi connectivity index (χ0) is 16.0. The Morgan fingerprint density at radius 3 is 2.20 bits per heavy atom. The van der Waals surface area contributed by atoms with Crippen LogP contribution in [0.1, 0.15) is 27.2 Å². The summed E-state index contributed by atoms with van der Waals surface area (Å²) in [5.41, 5.74) is -0.714. The maximum absolute atomic E-state index is 11.5. The Balaban J connectivity index is 4.51. The van der Waals surface area contributed by atoms with Crippen molar-refractivity contribution in [1.82, 2.24) is 5.32 Å². The van der Waals surface area contributed by atoms with Crippen molar-refractivity contribution in [1.29, 1.82) is 0 Å². The number of amides is 1. The minimum Gasteiger partial charge on any atom is -0.467 e. The summed E-state index contributed by atoms with van der Waals surface area (Å²) in [7, 11) is -2.45. The molecule has 0 heterocycles. The summed E-state index contributed by atoms with van der Waals surface area (Å²) in [5.74, 6) is -0.715. The number of carbonyl (C=O) groups is 2. The van der Waals surface area contributed by atoms with Gasteiger partial charge in [0.2, 0.25) is 0 Å². The molecular formula is C11H21NO7S. The molecule has 1 atom stereocenters. The molecular weight excluding hydrogens is 290 g/mol. The predicted molar refractivity (Wildman–Crippen MR) is 70.6 cm³/mol. The van der Waals surface area contributed by atoms with Gasteiger partial charge in [-0.1, -0.05) is 0 Å². The van der Waals surface area contributed by atoms with Crippen molar-refractivity contribution in [3.8, 4) is 0 Å². The fourth-order valence-electron chi connectivity index (χ4n) is 1.16. The number of hydrogen-bond acceptors (Lipinski definition) is 7. The molecule has 0 aromatic carbocycles. The Morgan fingerprint density at radius 1 is 1.25 bits per heavy atom. The van der Waals surface area contributed by atoms with Gasteiger partial charge in [-0.25, -0.2) is 9.59 Å². The Morgan fingerprint density at radius 2 is 1.80 bits per heavy atom. The van der Waals surface area contributed by atoms with Crippen LogP contribution in [-0.4, -0.2) is 52.1 Å². The van der Waals surface area contributed by atoms with Gasteiger partial charge in [0, 0.05) is 6.42 Å². The van der Waals surface area contributed by atoms with Gasteiger partial charge in [-0.2, -0.15) is 8.42 Å². The summed E-state index contributed by atoms with van der Waals surface area (Å²) in [5, 5.41) is 2.30. The highest BCUT2D eigenvalue weighted by atomic mass is 32.2. The Labute approximate surface area is 118 Å². The molecule has 0 fully saturated rings. The van der Waals surface area contributed by atoms with Gasteiger partial charge in [0.1, 0.15) is 11.6 Å². The van der Waals surface area contributed by atoms with Crippen LogP contribution in [0.3, 0.4) is 0 Å². The lowest BCUT2D eigenvalue weighted by atomic mass is 10.2. The number of alkyl carbamates (subject to hydrolysis) is 1. The SMILES string of the molecule is COC(=O)C(CCOS(C)(=O)=O)NC(=O)OC(C)(C)C. The quantitative estimate of drug-likeness (QED) is 0.559. The fourth-order valence-corrected chi connectivity index (χ4v) is 1.56. The maximum Gasteiger partial charge on any atom is 0.408 e. The Bertz CT molecular complexity index is 438. The zero-order valence-electron chi connectivity index (χ0n) is 12.3. The van der Waals surface area contributed by atoms with E-state index in [1.165, 1.54) is 0 Å². The van der Waals surface area contributed by atoms with E-state index in [1.807, 2.05) is 0 Å². The van der Waals surface area contributed by atoms with Crippen LogP contribution in [0, 0.1) is 0 Å². The van der Waals surface area contributed by atoms with Crippen molar-refractivity contribution in [2.45, 2.75) is 38.8 Å². The summed E-state index contributed by atoms with van der Waals surface area (Å²) >= 11 is 0. The molecule has 0 saturated heterocycles. The number of ether oxygens (including phenoxy) is 2. The molecule has 9 heteroatoms. The summed E-state index contributed by atoms with van der Waals surface area (Å²) in [4.78, 5) is 23.0. The first-order chi connectivity index (χ1) is 8.94. The van der Waals surface area contributed by atoms with Gasteiger partial charge >= 0.3 is 12.1 Å². The highest BCUT2D eigenvalue weighted by molar-refractivity contribution is 7.85. The van der Waals surface area contributed by atoms with Crippen LogP contribution >= 0.6 is 0 Å². The zero-order valence-corrected chi connectivity index (χ0v) is 13.1. The Kier molecular flexibility index (Phi) is 6.94. The number of nitrogens with one attached hydrogen (secondary N) is 1. The van der Waals surface area contributed by atoms with E-state index < -0.39 is 33.8 Å². The molecule has 0 spiro atoms. The minimum absolute atomic E-state index is 0.0566. The summed E-state index contributed by atoms with van der Waals surface area (Å²) < 4.78 is 35.6. The van der Waals surface area contributed by atoms with Crippen LogP contribution in [0.4, 0.5) is 4.79 Å². The molecule has 0 radical (unpaired) electrons. The van der Waals surface area contributed by atoms with E-state index in [2.05, 4.69) is 14.2 Å². The normalized spacial score (nSPS) is 13.4. The van der Waals surface area contributed by atoms with Crippen molar-refractivity contribution in [2.75, 3.05) is 20.0 Å². The monoisotopic (exact) mass is 311 g/mol. The molecule has 0 bridgehead atoms. The van der Waals surface area contributed by atoms with Crippen LogP contribution in [0.2, 0.25) is 0 Å². The van der Waals surface area contributed by atoms with E-state index >= 15 is 0 Å². The van der Waals surface area contributed by atoms with E-state index in [-0.39, 0.29) is 13.0 Å². The third-order valence-corrected chi connectivity index (χ3v) is 2.48. The van der Waals surface area contributed by atoms with Crippen molar-refractivity contribution < 1.29 is 31.7 Å². The third-order valence-electron chi connectivity index (χ3n) is 1.88. The number of rotatable bonds is 6. The lowest BCUT2D eigenvalue weighted by Gasteiger charge is -2.22. The van der Waals surface area contributed by atoms with Crippen molar-refractivity contribution in [3.63, 3.8) is 0 Å². The lowest BCUT2D eigenvalue weighted by Crippen LogP contribution is -2.44. The molecule has 0 aliphatic carbocycles. The highest BCUT2D eigenvalue weighted by Crippen LogP contribution is 2.07. The van der Waals surface area contributed by atoms with Crippen LogP contribution in [0.25, 0.3) is 0 Å². The van der Waals surface area contributed by atoms with Crippen molar-refractivity contribution >= 4 is 22.2 Å². The van der Waals surface area contributed by atoms with Crippen molar-refractivity contribution in [3.05, 3.63) is 0 Å². The lowest BCUT2D eigenvalue weighted by molar-refractivity contribution is -0.143. The van der Waals surface area contributed by atoms with Gasteiger partial charge in [-0.05, 0) is 20.8 Å². The number of carbonyl (C=O) groups excluding carboxylic acids is 2. The molecule has 0 aromatic heterocycles. The van der Waals surface area contributed by atoms with Crippen LogP contribution < -0.4 is 5.32 Å². The second kappa shape index (κ2) is 7.44. The number of hydrogen-bond donors (Lipinski definition) is 1. The largest absolute Gasteiger partial charge is 0.467 e. The van der Waals surface area contributed by atoms with Gasteiger partial charge < -0.3 is 14.8 Å². The molecule has 118 valence electrons. The molecule has 0 saturated carbocycles. The second-order valence-electron chi connectivity index (χ2n) is 5.04. The van der Waals surface area contributed by atoms with Gasteiger partial charge in [0.05, 0.1) is 20.0 Å². The average molecular weight is 311 g/mol. The third kappa shape index (κ3) is 9.56. The van der Waals surface area contributed by atoms with Gasteiger partial charge in [0.15, 0.2) is 0 Å². The standard InChI is InChI=1S/C11H21NO7S/c1-11(2,3)19-10(14)12-8(9(13)17-4)6-7-18-20(5,15)16/h8H,6-7H2,1-5H3,(H,12,14). The number of esters is 1. The smallest absolute Gasteiger partial charge is 0.408 e. The second-order valence-corrected chi connectivity index (χ2v) is 6.68. The molecule has 0 rings (SSSR count). The van der Waals surface area contributed by atoms with Crippen LogP contribution in [-0.2, 0) is 28.6 Å². The molecule has 1 amide bonds. The summed E-state index contributed by atoms with van der Waals surface area (Å²) in [6.45, 7) is 4.76. The number of methoxy groups -OCH3 is 1. The first-order valence-corrected chi connectivity index (χ1v) is 7.68. The fraction of sp³-hybridized carbons (Fsp3) is 0.818. The highest BCUT2D eigenvalue weighted by Gasteiger charge is 2.25. The molecule has 0 aliphatic heterocycles. The molecule has 1 N–H and O–H groups in total. The maximum atomic E-state index is 11.5. The van der Waals surface area contributed by atoms with E-state index in [0.717, 1.165) is 13.4 Å². The van der Waals surface area contributed by atoms with Crippen LogP contribution in [0.15, 0.2) is 0 Å². The molecule has 1 unspecified atom stereocenters. The molecule has 0 aliphatic rings. The first kappa shape index (κ1) is 18.7. The van der Waals surface area contributed by atoms with Gasteiger partial charge in [0.25, 0.3) is 10.1 Å². The van der Waals surface area contributed by atoms with E-state index in [4.69, 9.17) is 4.74 Å². The minimum atomic E-state index is -3.61. The van der Waals surface area contributed by atoms with E-state index in [1.54, 1.807) is 20.8 Å². The van der Waals surface area contributed by atoms with Gasteiger partial charge in [-0.15, -0.1) is 0 Å². The van der Waals surface area contributed by atoms with Gasteiger partial charge in [-0.3, -0.25) is 4.18 Å². The van der Waals surface area contributed by atoms with E-state index in [0.29, 0.717) is 0 Å². The first-order valence-electron chi connectivity index (χ1n) is 5.86. The average Bonchev–Trinajstić information content (AvgIpc) is 2.22. The topological polar surface area (TPSA) is 108 Å². The molecule has 0 aromatic rings. The summed E-state index contributed by atoms with van der Waals surface area (Å²) in [6, 6.07) is -1.04. The molecule has 20 heavy (non-hydrogen) atoms. The van der Waals surface area contributed by atoms with Crippen LogP contribution in [0.5, 0.6) is 0 Å². The Hall–Kier alpha value is -1.35. The van der Waals surface area contributed by atoms with E-state index in [9.17, 15) is 18.0 Å². The summed E-state index contributed by atoms with van der Waals surface area (Å²) in [6.07, 6.45) is 0.0349.